The van der Waals surface area contributed by atoms with Crippen molar-refractivity contribution in [3.8, 4) is 0 Å². The minimum Gasteiger partial charge on any atom is -0.372 e. The van der Waals surface area contributed by atoms with E-state index in [1.165, 1.54) is 32.1 Å². The van der Waals surface area contributed by atoms with Crippen molar-refractivity contribution in [1.82, 2.24) is 10.2 Å². The lowest BCUT2D eigenvalue weighted by Crippen LogP contribution is -2.46. The summed E-state index contributed by atoms with van der Waals surface area (Å²) in [6, 6.07) is 0.455. The number of nitrogens with zero attached hydrogens (tertiary/aromatic N) is 1. The van der Waals surface area contributed by atoms with Crippen LogP contribution in [0, 0.1) is 5.92 Å². The van der Waals surface area contributed by atoms with Gasteiger partial charge in [-0.1, -0.05) is 19.3 Å². The number of amides is 1. The molecule has 0 spiro atoms. The van der Waals surface area contributed by atoms with Gasteiger partial charge in [0.15, 0.2) is 0 Å². The van der Waals surface area contributed by atoms with Crippen molar-refractivity contribution in [2.75, 3.05) is 33.9 Å². The highest BCUT2D eigenvalue weighted by Crippen LogP contribution is 2.27. The zero-order chi connectivity index (χ0) is 13.4. The lowest BCUT2D eigenvalue weighted by molar-refractivity contribution is -0.125. The van der Waals surface area contributed by atoms with Gasteiger partial charge in [-0.15, -0.1) is 0 Å². The summed E-state index contributed by atoms with van der Waals surface area (Å²) < 4.78 is 5.11. The van der Waals surface area contributed by atoms with E-state index in [0.29, 0.717) is 12.6 Å². The largest absolute Gasteiger partial charge is 0.372 e. The maximum Gasteiger partial charge on any atom is 0.246 e. The van der Waals surface area contributed by atoms with Crippen molar-refractivity contribution in [3.63, 3.8) is 0 Å². The number of hydrogen-bond acceptors (Lipinski definition) is 3. The molecule has 1 N–H and O–H groups in total. The van der Waals surface area contributed by atoms with Gasteiger partial charge < -0.3 is 15.0 Å². The van der Waals surface area contributed by atoms with Crippen molar-refractivity contribution in [2.24, 2.45) is 5.92 Å². The Morgan fingerprint density at radius 3 is 2.56 bits per heavy atom. The minimum absolute atomic E-state index is 0.000454. The predicted octanol–water partition coefficient (Wildman–Crippen LogP) is 1.65. The van der Waals surface area contributed by atoms with Gasteiger partial charge in [0.05, 0.1) is 0 Å². The van der Waals surface area contributed by atoms with Gasteiger partial charge in [0, 0.05) is 19.2 Å². The Morgan fingerprint density at radius 1 is 1.33 bits per heavy atom. The maximum atomic E-state index is 11.6. The zero-order valence-electron chi connectivity index (χ0n) is 12.1. The molecule has 1 fully saturated rings. The molecule has 0 saturated heterocycles. The summed E-state index contributed by atoms with van der Waals surface area (Å²) in [5.74, 6) is 0.723. The topological polar surface area (TPSA) is 41.6 Å². The van der Waals surface area contributed by atoms with Crippen LogP contribution < -0.4 is 5.32 Å². The Morgan fingerprint density at radius 2 is 2.00 bits per heavy atom. The van der Waals surface area contributed by atoms with Gasteiger partial charge in [-0.2, -0.15) is 0 Å². The Bertz CT molecular complexity index is 238. The van der Waals surface area contributed by atoms with Crippen molar-refractivity contribution >= 4 is 5.91 Å². The van der Waals surface area contributed by atoms with Crippen LogP contribution in [0.4, 0.5) is 0 Å². The first kappa shape index (κ1) is 15.4. The van der Waals surface area contributed by atoms with Gasteiger partial charge in [-0.25, -0.2) is 0 Å². The molecular formula is C14H28N2O2. The van der Waals surface area contributed by atoms with Crippen molar-refractivity contribution in [2.45, 2.75) is 45.1 Å². The van der Waals surface area contributed by atoms with Crippen molar-refractivity contribution in [1.29, 1.82) is 0 Å². The smallest absolute Gasteiger partial charge is 0.246 e. The van der Waals surface area contributed by atoms with E-state index in [1.807, 2.05) is 6.92 Å². The van der Waals surface area contributed by atoms with E-state index in [0.717, 1.165) is 12.5 Å². The number of hydrogen-bond donors (Lipinski definition) is 1. The van der Waals surface area contributed by atoms with E-state index in [4.69, 9.17) is 4.74 Å². The molecule has 0 aromatic carbocycles. The van der Waals surface area contributed by atoms with E-state index >= 15 is 0 Å². The standard InChI is InChI=1S/C14H28N2O2/c1-4-18-11-14(17)15-10-13(16(2)3)12-8-6-5-7-9-12/h12-13H,4-11H2,1-3H3,(H,15,17). The molecule has 0 radical (unpaired) electrons. The van der Waals surface area contributed by atoms with Crippen LogP contribution in [-0.2, 0) is 9.53 Å². The lowest BCUT2D eigenvalue weighted by Gasteiger charge is -2.34. The SMILES string of the molecule is CCOCC(=O)NCC(C1CCCCC1)N(C)C. The average Bonchev–Trinajstić information content (AvgIpc) is 2.37. The number of carbonyl (C=O) groups is 1. The predicted molar refractivity (Wildman–Crippen MR) is 73.6 cm³/mol. The summed E-state index contributed by atoms with van der Waals surface area (Å²) in [5, 5.41) is 2.99. The molecule has 18 heavy (non-hydrogen) atoms. The van der Waals surface area contributed by atoms with Crippen LogP contribution in [0.5, 0.6) is 0 Å². The molecule has 0 heterocycles. The summed E-state index contributed by atoms with van der Waals surface area (Å²) in [5.41, 5.74) is 0. The molecule has 1 unspecified atom stereocenters. The Balaban J connectivity index is 2.35. The third-order valence-corrected chi connectivity index (χ3v) is 3.80. The summed E-state index contributed by atoms with van der Waals surface area (Å²) in [6.07, 6.45) is 6.63. The van der Waals surface area contributed by atoms with E-state index in [1.54, 1.807) is 0 Å². The third kappa shape index (κ3) is 5.36. The van der Waals surface area contributed by atoms with Gasteiger partial charge in [0.1, 0.15) is 6.61 Å². The van der Waals surface area contributed by atoms with Crippen LogP contribution in [0.15, 0.2) is 0 Å². The number of nitrogens with one attached hydrogen (secondary N) is 1. The molecule has 1 aliphatic carbocycles. The minimum atomic E-state index is -0.000454. The molecule has 4 heteroatoms. The molecule has 1 rings (SSSR count). The number of ether oxygens (including phenoxy) is 1. The number of rotatable bonds is 7. The molecule has 106 valence electrons. The summed E-state index contributed by atoms with van der Waals surface area (Å²) in [6.45, 7) is 3.41. The van der Waals surface area contributed by atoms with Crippen LogP contribution in [0.2, 0.25) is 0 Å². The fourth-order valence-electron chi connectivity index (χ4n) is 2.75. The van der Waals surface area contributed by atoms with E-state index in [2.05, 4.69) is 24.3 Å². The fraction of sp³-hybridized carbons (Fsp3) is 0.929. The Hall–Kier alpha value is -0.610. The molecule has 4 nitrogen and oxygen atoms in total. The van der Waals surface area contributed by atoms with E-state index in [9.17, 15) is 4.79 Å². The number of carbonyl (C=O) groups excluding carboxylic acids is 1. The molecule has 1 atom stereocenters. The van der Waals surface area contributed by atoms with Crippen LogP contribution in [0.1, 0.15) is 39.0 Å². The summed E-state index contributed by atoms with van der Waals surface area (Å²) in [4.78, 5) is 13.8. The van der Waals surface area contributed by atoms with Crippen molar-refractivity contribution in [3.05, 3.63) is 0 Å². The van der Waals surface area contributed by atoms with Crippen LogP contribution in [0.3, 0.4) is 0 Å². The van der Waals surface area contributed by atoms with E-state index < -0.39 is 0 Å². The molecule has 1 amide bonds. The van der Waals surface area contributed by atoms with Crippen LogP contribution >= 0.6 is 0 Å². The van der Waals surface area contributed by atoms with Crippen LogP contribution in [-0.4, -0.2) is 50.7 Å². The summed E-state index contributed by atoms with van der Waals surface area (Å²) >= 11 is 0. The zero-order valence-corrected chi connectivity index (χ0v) is 12.1. The quantitative estimate of drug-likeness (QED) is 0.753. The number of likely N-dealkylation sites (N-methyl/N-ethyl adjacent to an activating group) is 1. The lowest BCUT2D eigenvalue weighted by atomic mass is 9.83. The molecular weight excluding hydrogens is 228 g/mol. The first-order chi connectivity index (χ1) is 8.65. The second-order valence-electron chi connectivity index (χ2n) is 5.37. The van der Waals surface area contributed by atoms with Gasteiger partial charge in [0.2, 0.25) is 5.91 Å². The fourth-order valence-corrected chi connectivity index (χ4v) is 2.75. The third-order valence-electron chi connectivity index (χ3n) is 3.80. The Labute approximate surface area is 111 Å². The highest BCUT2D eigenvalue weighted by atomic mass is 16.5. The highest BCUT2D eigenvalue weighted by molar-refractivity contribution is 5.77. The maximum absolute atomic E-state index is 11.6. The highest BCUT2D eigenvalue weighted by Gasteiger charge is 2.25. The van der Waals surface area contributed by atoms with Gasteiger partial charge in [-0.3, -0.25) is 4.79 Å². The van der Waals surface area contributed by atoms with Crippen molar-refractivity contribution < 1.29 is 9.53 Å². The van der Waals surface area contributed by atoms with E-state index in [-0.39, 0.29) is 12.5 Å². The van der Waals surface area contributed by atoms with Gasteiger partial charge >= 0.3 is 0 Å². The molecule has 0 aliphatic heterocycles. The molecule has 0 aromatic heterocycles. The second kappa shape index (κ2) is 8.48. The first-order valence-electron chi connectivity index (χ1n) is 7.16. The monoisotopic (exact) mass is 256 g/mol. The van der Waals surface area contributed by atoms with Gasteiger partial charge in [0.25, 0.3) is 0 Å². The molecule has 1 saturated carbocycles. The van der Waals surface area contributed by atoms with Crippen LogP contribution in [0.25, 0.3) is 0 Å². The first-order valence-corrected chi connectivity index (χ1v) is 7.16. The molecule has 0 bridgehead atoms. The molecule has 0 aromatic rings. The Kier molecular flexibility index (Phi) is 7.28. The van der Waals surface area contributed by atoms with Gasteiger partial charge in [-0.05, 0) is 39.8 Å². The average molecular weight is 256 g/mol. The summed E-state index contributed by atoms with van der Waals surface area (Å²) in [7, 11) is 4.21. The normalized spacial score (nSPS) is 18.9. The second-order valence-corrected chi connectivity index (χ2v) is 5.37. The molecule has 1 aliphatic rings.